The number of hydrogen-bond donors (Lipinski definition) is 0. The maximum atomic E-state index is 13.9. The average molecular weight is 253 g/mol. The van der Waals surface area contributed by atoms with E-state index >= 15 is 0 Å². The van der Waals surface area contributed by atoms with Crippen LogP contribution in [0.15, 0.2) is 24.4 Å². The first-order valence-electron chi connectivity index (χ1n) is 6.14. The molecule has 0 amide bonds. The molecule has 0 aromatic carbocycles. The zero-order valence-electron chi connectivity index (χ0n) is 10.5. The summed E-state index contributed by atoms with van der Waals surface area (Å²) < 4.78 is 15.9. The molecule has 3 nitrogen and oxygen atoms in total. The monoisotopic (exact) mass is 253 g/mol. The summed E-state index contributed by atoms with van der Waals surface area (Å²) in [7, 11) is 0. The van der Waals surface area contributed by atoms with Crippen molar-refractivity contribution in [2.75, 3.05) is 0 Å². The Morgan fingerprint density at radius 2 is 2.32 bits per heavy atom. The van der Waals surface area contributed by atoms with Crippen LogP contribution in [0.25, 0.3) is 17.3 Å². The highest BCUT2D eigenvalue weighted by Crippen LogP contribution is 2.34. The SMILES string of the molecule is Cc1c(C#N)c2n(c1-c1cccnc1F)CCC=C2. The Morgan fingerprint density at radius 1 is 1.47 bits per heavy atom. The van der Waals surface area contributed by atoms with Crippen molar-refractivity contribution in [3.63, 3.8) is 0 Å². The molecule has 2 aromatic rings. The number of pyridine rings is 1. The van der Waals surface area contributed by atoms with E-state index in [1.54, 1.807) is 12.1 Å². The van der Waals surface area contributed by atoms with Crippen molar-refractivity contribution in [2.24, 2.45) is 0 Å². The summed E-state index contributed by atoms with van der Waals surface area (Å²) in [5, 5.41) is 9.30. The number of aromatic nitrogens is 2. The van der Waals surface area contributed by atoms with E-state index < -0.39 is 5.95 Å². The fourth-order valence-electron chi connectivity index (χ4n) is 2.62. The first-order valence-corrected chi connectivity index (χ1v) is 6.14. The third-order valence-electron chi connectivity index (χ3n) is 3.47. The molecule has 19 heavy (non-hydrogen) atoms. The maximum absolute atomic E-state index is 13.9. The lowest BCUT2D eigenvalue weighted by Gasteiger charge is -2.14. The largest absolute Gasteiger partial charge is 0.339 e. The van der Waals surface area contributed by atoms with Crippen LogP contribution in [0.2, 0.25) is 0 Å². The van der Waals surface area contributed by atoms with Crippen molar-refractivity contribution < 1.29 is 4.39 Å². The van der Waals surface area contributed by atoms with Crippen molar-refractivity contribution in [3.05, 3.63) is 47.2 Å². The highest BCUT2D eigenvalue weighted by Gasteiger charge is 2.22. The predicted molar refractivity (Wildman–Crippen MR) is 70.7 cm³/mol. The van der Waals surface area contributed by atoms with Crippen LogP contribution in [-0.2, 0) is 6.54 Å². The number of nitrogens with zero attached hydrogens (tertiary/aromatic N) is 3. The van der Waals surface area contributed by atoms with Crippen LogP contribution in [0.1, 0.15) is 23.2 Å². The minimum Gasteiger partial charge on any atom is -0.339 e. The lowest BCUT2D eigenvalue weighted by atomic mass is 10.1. The molecule has 0 bridgehead atoms. The smallest absolute Gasteiger partial charge is 0.222 e. The standard InChI is InChI=1S/C15H12FN3/c1-10-12(9-17)13-6-2-3-8-19(13)14(10)11-5-4-7-18-15(11)16/h2,4-7H,3,8H2,1H3. The minimum atomic E-state index is -0.495. The van der Waals surface area contributed by atoms with Crippen molar-refractivity contribution in [1.82, 2.24) is 9.55 Å². The molecule has 3 rings (SSSR count). The Labute approximate surface area is 110 Å². The van der Waals surface area contributed by atoms with Gasteiger partial charge in [-0.1, -0.05) is 6.08 Å². The molecular weight excluding hydrogens is 241 g/mol. The molecule has 0 unspecified atom stereocenters. The molecule has 0 saturated heterocycles. The van der Waals surface area contributed by atoms with Gasteiger partial charge in [-0.05, 0) is 37.1 Å². The van der Waals surface area contributed by atoms with Crippen molar-refractivity contribution in [2.45, 2.75) is 19.9 Å². The molecule has 0 radical (unpaired) electrons. The van der Waals surface area contributed by atoms with Crippen LogP contribution in [0, 0.1) is 24.2 Å². The van der Waals surface area contributed by atoms with Gasteiger partial charge in [0.05, 0.1) is 22.5 Å². The Bertz CT molecular complexity index is 720. The molecule has 4 heteroatoms. The lowest BCUT2D eigenvalue weighted by Crippen LogP contribution is -2.06. The number of nitriles is 1. The Balaban J connectivity index is 2.35. The molecule has 0 fully saturated rings. The molecule has 94 valence electrons. The summed E-state index contributed by atoms with van der Waals surface area (Å²) in [5.74, 6) is -0.495. The highest BCUT2D eigenvalue weighted by atomic mass is 19.1. The van der Waals surface area contributed by atoms with E-state index in [0.29, 0.717) is 11.1 Å². The number of halogens is 1. The lowest BCUT2D eigenvalue weighted by molar-refractivity contribution is 0.584. The topological polar surface area (TPSA) is 41.6 Å². The molecule has 0 N–H and O–H groups in total. The normalized spacial score (nSPS) is 13.1. The van der Waals surface area contributed by atoms with Crippen LogP contribution in [0.5, 0.6) is 0 Å². The van der Waals surface area contributed by atoms with E-state index in [-0.39, 0.29) is 0 Å². The zero-order valence-corrected chi connectivity index (χ0v) is 10.5. The second-order valence-corrected chi connectivity index (χ2v) is 4.53. The molecule has 1 aliphatic heterocycles. The maximum Gasteiger partial charge on any atom is 0.222 e. The Hall–Kier alpha value is -2.41. The second kappa shape index (κ2) is 4.36. The van der Waals surface area contributed by atoms with Gasteiger partial charge >= 0.3 is 0 Å². The van der Waals surface area contributed by atoms with Crippen LogP contribution in [0.3, 0.4) is 0 Å². The molecule has 3 heterocycles. The van der Waals surface area contributed by atoms with Gasteiger partial charge in [0.2, 0.25) is 5.95 Å². The van der Waals surface area contributed by atoms with E-state index in [9.17, 15) is 9.65 Å². The predicted octanol–water partition coefficient (Wildman–Crippen LogP) is 3.29. The van der Waals surface area contributed by atoms with Gasteiger partial charge in [-0.15, -0.1) is 0 Å². The molecule has 0 spiro atoms. The second-order valence-electron chi connectivity index (χ2n) is 4.53. The Morgan fingerprint density at radius 3 is 3.05 bits per heavy atom. The van der Waals surface area contributed by atoms with Gasteiger partial charge in [-0.25, -0.2) is 4.98 Å². The van der Waals surface area contributed by atoms with E-state index in [1.807, 2.05) is 23.6 Å². The molecule has 1 aliphatic rings. The summed E-state index contributed by atoms with van der Waals surface area (Å²) in [4.78, 5) is 3.70. The van der Waals surface area contributed by atoms with Crippen LogP contribution in [-0.4, -0.2) is 9.55 Å². The summed E-state index contributed by atoms with van der Waals surface area (Å²) in [6.07, 6.45) is 6.30. The van der Waals surface area contributed by atoms with Crippen molar-refractivity contribution in [1.29, 1.82) is 5.26 Å². The van der Waals surface area contributed by atoms with Crippen molar-refractivity contribution >= 4 is 6.08 Å². The van der Waals surface area contributed by atoms with Crippen LogP contribution >= 0.6 is 0 Å². The quantitative estimate of drug-likeness (QED) is 0.732. The fourth-order valence-corrected chi connectivity index (χ4v) is 2.62. The van der Waals surface area contributed by atoms with Gasteiger partial charge in [0.25, 0.3) is 0 Å². The number of allylic oxidation sites excluding steroid dienone is 1. The Kier molecular flexibility index (Phi) is 2.68. The third-order valence-corrected chi connectivity index (χ3v) is 3.47. The van der Waals surface area contributed by atoms with Gasteiger partial charge in [-0.3, -0.25) is 0 Å². The van der Waals surface area contributed by atoms with Gasteiger partial charge < -0.3 is 4.57 Å². The minimum absolute atomic E-state index is 0.457. The molecule has 0 aliphatic carbocycles. The van der Waals surface area contributed by atoms with Gasteiger partial charge in [0.15, 0.2) is 0 Å². The summed E-state index contributed by atoms with van der Waals surface area (Å²) in [5.41, 5.74) is 3.52. The molecule has 0 atom stereocenters. The number of hydrogen-bond acceptors (Lipinski definition) is 2. The first-order chi connectivity index (χ1) is 9.24. The third kappa shape index (κ3) is 1.66. The van der Waals surface area contributed by atoms with Crippen LogP contribution in [0.4, 0.5) is 4.39 Å². The van der Waals surface area contributed by atoms with Crippen LogP contribution < -0.4 is 0 Å². The molecule has 0 saturated carbocycles. The molecular formula is C15H12FN3. The van der Waals surface area contributed by atoms with E-state index in [4.69, 9.17) is 0 Å². The summed E-state index contributed by atoms with van der Waals surface area (Å²) in [6.45, 7) is 2.62. The van der Waals surface area contributed by atoms with E-state index in [0.717, 1.165) is 29.9 Å². The first kappa shape index (κ1) is 11.7. The van der Waals surface area contributed by atoms with Gasteiger partial charge in [0.1, 0.15) is 6.07 Å². The summed E-state index contributed by atoms with van der Waals surface area (Å²) in [6, 6.07) is 5.63. The molecule has 2 aromatic heterocycles. The fraction of sp³-hybridized carbons (Fsp3) is 0.200. The summed E-state index contributed by atoms with van der Waals surface area (Å²) >= 11 is 0. The average Bonchev–Trinajstić information content (AvgIpc) is 2.71. The van der Waals surface area contributed by atoms with E-state index in [1.165, 1.54) is 6.20 Å². The number of rotatable bonds is 1. The zero-order chi connectivity index (χ0) is 13.4. The van der Waals surface area contributed by atoms with E-state index in [2.05, 4.69) is 11.1 Å². The van der Waals surface area contributed by atoms with Crippen molar-refractivity contribution in [3.8, 4) is 17.3 Å². The van der Waals surface area contributed by atoms with Gasteiger partial charge in [-0.2, -0.15) is 9.65 Å². The van der Waals surface area contributed by atoms with Gasteiger partial charge in [0, 0.05) is 12.7 Å². The number of fused-ring (bicyclic) bond motifs is 1. The highest BCUT2D eigenvalue weighted by molar-refractivity contribution is 5.74.